The summed E-state index contributed by atoms with van der Waals surface area (Å²) in [7, 11) is 0. The van der Waals surface area contributed by atoms with Crippen LogP contribution in [0.25, 0.3) is 0 Å². The van der Waals surface area contributed by atoms with Gasteiger partial charge in [-0.25, -0.2) is 4.98 Å². The maximum absolute atomic E-state index is 12.7. The summed E-state index contributed by atoms with van der Waals surface area (Å²) >= 11 is 1.51. The standard InChI is InChI=1S/C21H29N3O2S/c1-13-8-9-14(2)19(11-13)23-20(25)17(5)27-21-22-15(3)16(4)24(21)12-18-7-6-10-26-18/h8-9,11,17-18H,6-7,10,12H2,1-5H3,(H,23,25). The highest BCUT2D eigenvalue weighted by molar-refractivity contribution is 8.00. The maximum atomic E-state index is 12.7. The average Bonchev–Trinajstić information content (AvgIpc) is 3.22. The smallest absolute Gasteiger partial charge is 0.237 e. The molecule has 2 atom stereocenters. The Morgan fingerprint density at radius 3 is 2.85 bits per heavy atom. The summed E-state index contributed by atoms with van der Waals surface area (Å²) in [6.45, 7) is 11.7. The van der Waals surface area contributed by atoms with Crippen LogP contribution in [0.4, 0.5) is 5.69 Å². The van der Waals surface area contributed by atoms with Crippen molar-refractivity contribution < 1.29 is 9.53 Å². The average molecular weight is 388 g/mol. The predicted molar refractivity (Wildman–Crippen MR) is 111 cm³/mol. The molecule has 1 fully saturated rings. The summed E-state index contributed by atoms with van der Waals surface area (Å²) in [5.41, 5.74) is 5.24. The predicted octanol–water partition coefficient (Wildman–Crippen LogP) is 4.42. The Kier molecular flexibility index (Phi) is 6.27. The van der Waals surface area contributed by atoms with E-state index in [1.54, 1.807) is 0 Å². The Balaban J connectivity index is 1.71. The van der Waals surface area contributed by atoms with Crippen molar-refractivity contribution in [2.75, 3.05) is 11.9 Å². The van der Waals surface area contributed by atoms with Gasteiger partial charge in [-0.1, -0.05) is 23.9 Å². The van der Waals surface area contributed by atoms with Gasteiger partial charge in [0, 0.05) is 18.0 Å². The van der Waals surface area contributed by atoms with Gasteiger partial charge in [0.05, 0.1) is 23.6 Å². The lowest BCUT2D eigenvalue weighted by molar-refractivity contribution is -0.115. The van der Waals surface area contributed by atoms with Gasteiger partial charge >= 0.3 is 0 Å². The molecule has 1 amide bonds. The van der Waals surface area contributed by atoms with Crippen LogP contribution in [0.2, 0.25) is 0 Å². The van der Waals surface area contributed by atoms with E-state index in [0.717, 1.165) is 59.4 Å². The number of benzene rings is 1. The van der Waals surface area contributed by atoms with Crippen molar-refractivity contribution in [3.05, 3.63) is 40.7 Å². The molecule has 1 aliphatic heterocycles. The van der Waals surface area contributed by atoms with Gasteiger partial charge in [-0.05, 0) is 64.7 Å². The fraction of sp³-hybridized carbons (Fsp3) is 0.524. The molecule has 3 rings (SSSR count). The number of aromatic nitrogens is 2. The molecule has 1 saturated heterocycles. The zero-order chi connectivity index (χ0) is 19.6. The molecule has 5 nitrogen and oxygen atoms in total. The highest BCUT2D eigenvalue weighted by Gasteiger charge is 2.23. The number of thioether (sulfide) groups is 1. The van der Waals surface area contributed by atoms with Gasteiger partial charge in [-0.2, -0.15) is 0 Å². The van der Waals surface area contributed by atoms with Crippen LogP contribution < -0.4 is 5.32 Å². The van der Waals surface area contributed by atoms with E-state index < -0.39 is 0 Å². The Morgan fingerprint density at radius 1 is 1.37 bits per heavy atom. The molecule has 6 heteroatoms. The van der Waals surface area contributed by atoms with Crippen LogP contribution in [0.5, 0.6) is 0 Å². The van der Waals surface area contributed by atoms with Crippen LogP contribution in [0.15, 0.2) is 23.4 Å². The number of rotatable bonds is 6. The third kappa shape index (κ3) is 4.74. The van der Waals surface area contributed by atoms with Crippen LogP contribution in [0, 0.1) is 27.7 Å². The third-order valence-corrected chi connectivity index (χ3v) is 6.23. The van der Waals surface area contributed by atoms with E-state index >= 15 is 0 Å². The highest BCUT2D eigenvalue weighted by Crippen LogP contribution is 2.28. The number of imidazole rings is 1. The molecule has 1 aromatic carbocycles. The van der Waals surface area contributed by atoms with Crippen LogP contribution in [-0.4, -0.2) is 33.4 Å². The molecule has 0 spiro atoms. The normalized spacial score (nSPS) is 17.9. The molecule has 0 aliphatic carbocycles. The first-order chi connectivity index (χ1) is 12.8. The molecule has 2 aromatic rings. The Labute approximate surface area is 165 Å². The number of carbonyl (C=O) groups is 1. The minimum Gasteiger partial charge on any atom is -0.376 e. The lowest BCUT2D eigenvalue weighted by Crippen LogP contribution is -2.24. The van der Waals surface area contributed by atoms with Gasteiger partial charge in [0.25, 0.3) is 0 Å². The number of anilines is 1. The topological polar surface area (TPSA) is 56.2 Å². The lowest BCUT2D eigenvalue weighted by atomic mass is 10.1. The first-order valence-corrected chi connectivity index (χ1v) is 10.4. The zero-order valence-electron chi connectivity index (χ0n) is 16.8. The van der Waals surface area contributed by atoms with Crippen LogP contribution in [0.3, 0.4) is 0 Å². The number of aryl methyl sites for hydroxylation is 3. The molecule has 1 aromatic heterocycles. The molecule has 27 heavy (non-hydrogen) atoms. The van der Waals surface area contributed by atoms with Gasteiger partial charge in [-0.3, -0.25) is 4.79 Å². The van der Waals surface area contributed by atoms with Crippen molar-refractivity contribution in [1.82, 2.24) is 9.55 Å². The minimum atomic E-state index is -0.241. The van der Waals surface area contributed by atoms with Crippen molar-refractivity contribution in [1.29, 1.82) is 0 Å². The SMILES string of the molecule is Cc1ccc(C)c(NC(=O)C(C)Sc2nc(C)c(C)n2CC2CCCO2)c1. The number of carbonyl (C=O) groups excluding carboxylic acids is 1. The number of hydrogen-bond acceptors (Lipinski definition) is 4. The summed E-state index contributed by atoms with van der Waals surface area (Å²) in [5.74, 6) is -0.00401. The number of amides is 1. The highest BCUT2D eigenvalue weighted by atomic mass is 32.2. The molecular weight excluding hydrogens is 358 g/mol. The van der Waals surface area contributed by atoms with Crippen molar-refractivity contribution in [3.8, 4) is 0 Å². The summed E-state index contributed by atoms with van der Waals surface area (Å²) in [6.07, 6.45) is 2.45. The number of ether oxygens (including phenoxy) is 1. The molecule has 0 saturated carbocycles. The molecular formula is C21H29N3O2S. The maximum Gasteiger partial charge on any atom is 0.237 e. The summed E-state index contributed by atoms with van der Waals surface area (Å²) < 4.78 is 8.00. The largest absolute Gasteiger partial charge is 0.376 e. The van der Waals surface area contributed by atoms with Gasteiger partial charge in [-0.15, -0.1) is 0 Å². The van der Waals surface area contributed by atoms with E-state index in [2.05, 4.69) is 22.9 Å². The van der Waals surface area contributed by atoms with Gasteiger partial charge in [0.1, 0.15) is 0 Å². The van der Waals surface area contributed by atoms with Crippen LogP contribution in [0.1, 0.15) is 42.3 Å². The van der Waals surface area contributed by atoms with Crippen LogP contribution in [-0.2, 0) is 16.1 Å². The Bertz CT molecular complexity index is 825. The Hall–Kier alpha value is -1.79. The fourth-order valence-corrected chi connectivity index (χ4v) is 4.25. The number of nitrogens with one attached hydrogen (secondary N) is 1. The Morgan fingerprint density at radius 2 is 2.15 bits per heavy atom. The molecule has 2 heterocycles. The molecule has 1 aliphatic rings. The van der Waals surface area contributed by atoms with E-state index in [9.17, 15) is 4.79 Å². The minimum absolute atomic E-state index is 0.00401. The third-order valence-electron chi connectivity index (χ3n) is 5.14. The second-order valence-electron chi connectivity index (χ2n) is 7.38. The molecule has 2 unspecified atom stereocenters. The van der Waals surface area contributed by atoms with E-state index in [1.807, 2.05) is 39.8 Å². The first kappa shape index (κ1) is 20.0. The second-order valence-corrected chi connectivity index (χ2v) is 8.69. The number of hydrogen-bond donors (Lipinski definition) is 1. The van der Waals surface area contributed by atoms with Crippen LogP contribution >= 0.6 is 11.8 Å². The van der Waals surface area contributed by atoms with Crippen molar-refractivity contribution in [2.45, 2.75) is 70.5 Å². The lowest BCUT2D eigenvalue weighted by Gasteiger charge is -2.17. The quantitative estimate of drug-likeness (QED) is 0.746. The van der Waals surface area contributed by atoms with Gasteiger partial charge in [0.15, 0.2) is 5.16 Å². The summed E-state index contributed by atoms with van der Waals surface area (Å²) in [5, 5.41) is 3.71. The fourth-order valence-electron chi connectivity index (χ4n) is 3.24. The van der Waals surface area contributed by atoms with E-state index in [1.165, 1.54) is 11.8 Å². The summed E-state index contributed by atoms with van der Waals surface area (Å²) in [6, 6.07) is 6.09. The molecule has 0 radical (unpaired) electrons. The van der Waals surface area contributed by atoms with E-state index in [-0.39, 0.29) is 17.3 Å². The second kappa shape index (κ2) is 8.48. The first-order valence-electron chi connectivity index (χ1n) is 9.55. The molecule has 1 N–H and O–H groups in total. The van der Waals surface area contributed by atoms with Gasteiger partial charge in [0.2, 0.25) is 5.91 Å². The van der Waals surface area contributed by atoms with Crippen molar-refractivity contribution in [3.63, 3.8) is 0 Å². The van der Waals surface area contributed by atoms with E-state index in [4.69, 9.17) is 9.72 Å². The van der Waals surface area contributed by atoms with E-state index in [0.29, 0.717) is 0 Å². The van der Waals surface area contributed by atoms with Crippen molar-refractivity contribution >= 4 is 23.4 Å². The molecule has 146 valence electrons. The summed E-state index contributed by atoms with van der Waals surface area (Å²) in [4.78, 5) is 17.4. The van der Waals surface area contributed by atoms with Crippen molar-refractivity contribution in [2.24, 2.45) is 0 Å². The molecule has 0 bridgehead atoms. The number of nitrogens with zero attached hydrogens (tertiary/aromatic N) is 2. The monoisotopic (exact) mass is 387 g/mol. The zero-order valence-corrected chi connectivity index (χ0v) is 17.7. The van der Waals surface area contributed by atoms with Gasteiger partial charge < -0.3 is 14.6 Å².